The van der Waals surface area contributed by atoms with Crippen LogP contribution < -0.4 is 15.7 Å². The second kappa shape index (κ2) is 10.9. The first-order chi connectivity index (χ1) is 20.6. The van der Waals surface area contributed by atoms with E-state index in [2.05, 4.69) is 25.4 Å². The van der Waals surface area contributed by atoms with Crippen LogP contribution in [-0.4, -0.2) is 48.4 Å². The minimum absolute atomic E-state index is 0.134. The van der Waals surface area contributed by atoms with E-state index < -0.39 is 46.5 Å². The molecule has 0 saturated carbocycles. The number of H-pyrrole nitrogens is 1. The van der Waals surface area contributed by atoms with Gasteiger partial charge in [0.25, 0.3) is 5.91 Å². The van der Waals surface area contributed by atoms with Crippen LogP contribution >= 0.6 is 0 Å². The molecular weight excluding hydrogens is 581 g/mol. The van der Waals surface area contributed by atoms with E-state index in [1.807, 2.05) is 0 Å². The van der Waals surface area contributed by atoms with Crippen LogP contribution in [0.2, 0.25) is 0 Å². The van der Waals surface area contributed by atoms with Crippen LogP contribution in [0, 0.1) is 11.6 Å². The summed E-state index contributed by atoms with van der Waals surface area (Å²) in [7, 11) is 0. The first kappa shape index (κ1) is 28.0. The molecule has 16 heteroatoms. The number of aromatic amines is 1. The van der Waals surface area contributed by atoms with Gasteiger partial charge in [0, 0.05) is 49.5 Å². The molecule has 1 aliphatic heterocycles. The Balaban J connectivity index is 1.27. The van der Waals surface area contributed by atoms with E-state index in [-0.39, 0.29) is 33.6 Å². The fraction of sp³-hybridized carbons (Fsp3) is 0.222. The molecule has 5 aromatic rings. The Hall–Kier alpha value is -5.12. The van der Waals surface area contributed by atoms with E-state index in [1.54, 1.807) is 0 Å². The highest BCUT2D eigenvalue weighted by molar-refractivity contribution is 6.05. The van der Waals surface area contributed by atoms with E-state index in [9.17, 15) is 27.2 Å². The molecule has 6 rings (SSSR count). The molecule has 2 N–H and O–H groups in total. The lowest BCUT2D eigenvalue weighted by atomic mass is 10.1. The van der Waals surface area contributed by atoms with Crippen molar-refractivity contribution in [2.24, 2.45) is 0 Å². The first-order valence-corrected chi connectivity index (χ1v) is 12.8. The Morgan fingerprint density at radius 3 is 2.56 bits per heavy atom. The van der Waals surface area contributed by atoms with Gasteiger partial charge in [-0.2, -0.15) is 18.3 Å². The number of aromatic nitrogens is 6. The Morgan fingerprint density at radius 2 is 1.84 bits per heavy atom. The number of nitrogens with zero attached hydrogens (tertiary/aromatic N) is 5. The third-order valence-electron chi connectivity index (χ3n) is 6.76. The molecule has 0 spiro atoms. The van der Waals surface area contributed by atoms with Gasteiger partial charge in [0.1, 0.15) is 5.52 Å². The highest BCUT2D eigenvalue weighted by Gasteiger charge is 2.41. The summed E-state index contributed by atoms with van der Waals surface area (Å²) < 4.78 is 84.0. The highest BCUT2D eigenvalue weighted by Crippen LogP contribution is 2.35. The number of pyridine rings is 2. The third kappa shape index (κ3) is 5.31. The number of nitrogens with one attached hydrogen (secondary N) is 2. The molecule has 1 amide bonds. The second-order valence-electron chi connectivity index (χ2n) is 9.48. The molecule has 5 heterocycles. The quantitative estimate of drug-likeness (QED) is 0.262. The lowest BCUT2D eigenvalue weighted by Gasteiger charge is -2.23. The summed E-state index contributed by atoms with van der Waals surface area (Å²) in [5, 5.41) is 5.72. The number of alkyl halides is 3. The average molecular weight is 601 g/mol. The predicted octanol–water partition coefficient (Wildman–Crippen LogP) is 5.00. The third-order valence-corrected chi connectivity index (χ3v) is 6.76. The first-order valence-electron chi connectivity index (χ1n) is 12.8. The molecule has 1 aliphatic rings. The molecule has 1 saturated heterocycles. The average Bonchev–Trinajstić information content (AvgIpc) is 3.57. The van der Waals surface area contributed by atoms with Crippen LogP contribution in [0.1, 0.15) is 34.9 Å². The van der Waals surface area contributed by atoms with Crippen molar-refractivity contribution in [1.29, 1.82) is 0 Å². The molecule has 0 aliphatic carbocycles. The largest absolute Gasteiger partial charge is 0.452 e. The minimum atomic E-state index is -5.12. The Bertz CT molecular complexity index is 1890. The van der Waals surface area contributed by atoms with E-state index in [0.29, 0.717) is 37.8 Å². The monoisotopic (exact) mass is 601 g/mol. The molecule has 1 aromatic carbocycles. The molecule has 4 aromatic heterocycles. The van der Waals surface area contributed by atoms with Gasteiger partial charge in [-0.3, -0.25) is 14.3 Å². The van der Waals surface area contributed by atoms with Gasteiger partial charge in [0.2, 0.25) is 0 Å². The summed E-state index contributed by atoms with van der Waals surface area (Å²) >= 11 is 0. The molecule has 1 fully saturated rings. The van der Waals surface area contributed by atoms with Gasteiger partial charge in [-0.1, -0.05) is 0 Å². The van der Waals surface area contributed by atoms with Gasteiger partial charge in [-0.15, -0.1) is 0 Å². The van der Waals surface area contributed by atoms with E-state index in [1.165, 1.54) is 29.0 Å². The summed E-state index contributed by atoms with van der Waals surface area (Å²) in [5.74, 6) is -4.22. The van der Waals surface area contributed by atoms with Crippen molar-refractivity contribution in [3.05, 3.63) is 88.4 Å². The van der Waals surface area contributed by atoms with Gasteiger partial charge >= 0.3 is 11.9 Å². The summed E-state index contributed by atoms with van der Waals surface area (Å²) in [4.78, 5) is 36.0. The van der Waals surface area contributed by atoms with Gasteiger partial charge in [-0.25, -0.2) is 28.2 Å². The number of carbonyl (C=O) groups excluding carboxylic acids is 1. The lowest BCUT2D eigenvalue weighted by molar-refractivity contribution is -0.143. The maximum Gasteiger partial charge on any atom is 0.434 e. The molecule has 222 valence electrons. The summed E-state index contributed by atoms with van der Waals surface area (Å²) in [6.45, 7) is 0.931. The van der Waals surface area contributed by atoms with Crippen LogP contribution in [0.3, 0.4) is 0 Å². The van der Waals surface area contributed by atoms with Crippen molar-refractivity contribution in [3.8, 4) is 17.3 Å². The summed E-state index contributed by atoms with van der Waals surface area (Å²) in [6.07, 6.45) is -0.891. The second-order valence-corrected chi connectivity index (χ2v) is 9.48. The molecule has 0 unspecified atom stereocenters. The number of benzene rings is 1. The van der Waals surface area contributed by atoms with Gasteiger partial charge < -0.3 is 14.8 Å². The zero-order valence-electron chi connectivity index (χ0n) is 21.9. The smallest absolute Gasteiger partial charge is 0.434 e. The van der Waals surface area contributed by atoms with Crippen molar-refractivity contribution in [2.75, 3.05) is 18.5 Å². The van der Waals surface area contributed by atoms with Crippen molar-refractivity contribution in [3.63, 3.8) is 0 Å². The standard InChI is InChI=1S/C27H20F5N7O4/c28-17-2-1-8-34-24(17)39-22(27(30,31)32)16(13-35-39)25(40)36-14-3-4-19(18(29)12-14)43-20-5-9-33-23-21(20)38(26(41)37-23)15-6-10-42-11-7-15/h1-5,8-9,12-13,15H,6-7,10-11H2,(H,36,40)(H,33,37,41). The lowest BCUT2D eigenvalue weighted by Crippen LogP contribution is -2.27. The number of rotatable bonds is 6. The fourth-order valence-electron chi connectivity index (χ4n) is 4.86. The molecule has 11 nitrogen and oxygen atoms in total. The number of imidazole rings is 1. The van der Waals surface area contributed by atoms with Crippen molar-refractivity contribution < 1.29 is 36.2 Å². The molecule has 0 radical (unpaired) electrons. The van der Waals surface area contributed by atoms with E-state index in [0.717, 1.165) is 24.4 Å². The zero-order valence-corrected chi connectivity index (χ0v) is 21.9. The number of fused-ring (bicyclic) bond motifs is 1. The molecule has 43 heavy (non-hydrogen) atoms. The molecule has 0 atom stereocenters. The van der Waals surface area contributed by atoms with E-state index >= 15 is 4.39 Å². The summed E-state index contributed by atoms with van der Waals surface area (Å²) in [5.41, 5.74) is -2.53. The number of amides is 1. The summed E-state index contributed by atoms with van der Waals surface area (Å²) in [6, 6.07) is 6.58. The van der Waals surface area contributed by atoms with Gasteiger partial charge in [-0.05, 0) is 37.1 Å². The van der Waals surface area contributed by atoms with Gasteiger partial charge in [0.05, 0.1) is 11.8 Å². The van der Waals surface area contributed by atoms with Crippen LogP contribution in [-0.2, 0) is 10.9 Å². The number of halogens is 5. The van der Waals surface area contributed by atoms with Crippen LogP contribution in [0.15, 0.2) is 59.8 Å². The highest BCUT2D eigenvalue weighted by atomic mass is 19.4. The fourth-order valence-corrected chi connectivity index (χ4v) is 4.86. The topological polar surface area (TPSA) is 129 Å². The normalized spacial score (nSPS) is 14.3. The Kier molecular flexibility index (Phi) is 7.13. The number of hydrogen-bond donors (Lipinski definition) is 2. The Morgan fingerprint density at radius 1 is 1.05 bits per heavy atom. The maximum absolute atomic E-state index is 15.2. The number of ether oxygens (including phenoxy) is 2. The molecular formula is C27H20F5N7O4. The van der Waals surface area contributed by atoms with Gasteiger partial charge in [0.15, 0.2) is 40.3 Å². The van der Waals surface area contributed by atoms with Crippen LogP contribution in [0.4, 0.5) is 27.6 Å². The predicted molar refractivity (Wildman–Crippen MR) is 140 cm³/mol. The zero-order chi connectivity index (χ0) is 30.3. The van der Waals surface area contributed by atoms with Crippen molar-refractivity contribution >= 4 is 22.8 Å². The van der Waals surface area contributed by atoms with E-state index in [4.69, 9.17) is 9.47 Å². The maximum atomic E-state index is 15.2. The SMILES string of the molecule is O=C(Nc1ccc(Oc2ccnc3[nH]c(=O)n(C4CCOCC4)c23)c(F)c1)c1cnn(-c2ncccc2F)c1C(F)(F)F. The Labute approximate surface area is 237 Å². The number of hydrogen-bond acceptors (Lipinski definition) is 7. The number of anilines is 1. The minimum Gasteiger partial charge on any atom is -0.452 e. The van der Waals surface area contributed by atoms with Crippen molar-refractivity contribution in [2.45, 2.75) is 25.1 Å². The van der Waals surface area contributed by atoms with Crippen LogP contribution in [0.25, 0.3) is 17.0 Å². The van der Waals surface area contributed by atoms with Crippen molar-refractivity contribution in [1.82, 2.24) is 29.3 Å². The van der Waals surface area contributed by atoms with Crippen LogP contribution in [0.5, 0.6) is 11.5 Å². The molecule has 0 bridgehead atoms. The number of carbonyl (C=O) groups is 1.